The highest BCUT2D eigenvalue weighted by Gasteiger charge is 1.89. The second-order valence-corrected chi connectivity index (χ2v) is 1.02. The summed E-state index contributed by atoms with van der Waals surface area (Å²) in [6.07, 6.45) is 0. The van der Waals surface area contributed by atoms with Crippen LogP contribution in [0.2, 0.25) is 0 Å². The van der Waals surface area contributed by atoms with Gasteiger partial charge in [0.05, 0.1) is 0 Å². The first-order chi connectivity index (χ1) is 2.89. The highest BCUT2D eigenvalue weighted by molar-refractivity contribution is 4.51. The van der Waals surface area contributed by atoms with Crippen LogP contribution in [0.5, 0.6) is 0 Å². The predicted octanol–water partition coefficient (Wildman–Crippen LogP) is -4.07. The van der Waals surface area contributed by atoms with Gasteiger partial charge in [0.15, 0.2) is 5.21 Å². The molecule has 1 aromatic rings. The molecular weight excluding hydrogens is 116 g/mol. The summed E-state index contributed by atoms with van der Waals surface area (Å²) < 4.78 is 0. The molecule has 0 fully saturated rings. The number of aryl methyl sites for hydroxylation is 1. The molecule has 0 bridgehead atoms. The van der Waals surface area contributed by atoms with E-state index >= 15 is 0 Å². The molecule has 7 heavy (non-hydrogen) atoms. The van der Waals surface area contributed by atoms with Crippen LogP contribution in [-0.4, -0.2) is 15.5 Å². The fraction of sp³-hybridized carbons (Fsp3) is 0.500. The van der Waals surface area contributed by atoms with Gasteiger partial charge in [0.1, 0.15) is 5.10 Å². The molecular formula is C2H5ClN4. The third-order valence-corrected chi connectivity index (χ3v) is 0.487. The minimum absolute atomic E-state index is 0. The van der Waals surface area contributed by atoms with Gasteiger partial charge in [-0.3, -0.25) is 0 Å². The molecule has 0 radical (unpaired) electrons. The summed E-state index contributed by atoms with van der Waals surface area (Å²) in [6.45, 7) is 1.82. The van der Waals surface area contributed by atoms with Crippen molar-refractivity contribution in [1.82, 2.24) is 15.5 Å². The topological polar surface area (TPSA) is 55.7 Å². The number of nitrogens with zero attached hydrogens (tertiary/aromatic N) is 2. The Hall–Kier alpha value is -0.640. The van der Waals surface area contributed by atoms with E-state index in [2.05, 4.69) is 20.6 Å². The van der Waals surface area contributed by atoms with E-state index in [1.165, 1.54) is 0 Å². The first kappa shape index (κ1) is 6.36. The number of hydrogen-bond acceptors (Lipinski definition) is 2. The SMILES string of the molecule is Cc1nn[nH][nH+]1.[Cl-]. The minimum atomic E-state index is 0. The standard InChI is InChI=1S/C2H4N4.ClH/c1-2-3-5-6-4-2;/h1H3,(H,3,4,5,6);1H. The summed E-state index contributed by atoms with van der Waals surface area (Å²) in [5.74, 6) is 0.801. The highest BCUT2D eigenvalue weighted by Crippen LogP contribution is 1.61. The zero-order chi connectivity index (χ0) is 4.41. The molecule has 1 rings (SSSR count). The molecule has 5 heteroatoms. The third-order valence-electron chi connectivity index (χ3n) is 0.487. The number of nitrogens with one attached hydrogen (secondary N) is 2. The lowest BCUT2D eigenvalue weighted by molar-refractivity contribution is -0.464. The van der Waals surface area contributed by atoms with Crippen LogP contribution in [-0.2, 0) is 0 Å². The van der Waals surface area contributed by atoms with Gasteiger partial charge < -0.3 is 12.4 Å². The molecule has 4 nitrogen and oxygen atoms in total. The minimum Gasteiger partial charge on any atom is -1.00 e. The van der Waals surface area contributed by atoms with E-state index < -0.39 is 0 Å². The van der Waals surface area contributed by atoms with Gasteiger partial charge in [0.2, 0.25) is 0 Å². The smallest absolute Gasteiger partial charge is 0.295 e. The number of aromatic nitrogens is 4. The summed E-state index contributed by atoms with van der Waals surface area (Å²) in [7, 11) is 0. The van der Waals surface area contributed by atoms with Gasteiger partial charge in [-0.05, 0) is 0 Å². The highest BCUT2D eigenvalue weighted by atomic mass is 35.5. The number of aromatic amines is 2. The monoisotopic (exact) mass is 120 g/mol. The van der Waals surface area contributed by atoms with Gasteiger partial charge in [-0.25, -0.2) is 0 Å². The van der Waals surface area contributed by atoms with E-state index in [0.717, 1.165) is 5.82 Å². The Morgan fingerprint density at radius 2 is 2.43 bits per heavy atom. The molecule has 0 unspecified atom stereocenters. The largest absolute Gasteiger partial charge is 1.00 e. The van der Waals surface area contributed by atoms with Crippen molar-refractivity contribution in [3.63, 3.8) is 0 Å². The molecule has 40 valence electrons. The predicted molar refractivity (Wildman–Crippen MR) is 17.7 cm³/mol. The fourth-order valence-electron chi connectivity index (χ4n) is 0.231. The van der Waals surface area contributed by atoms with Crippen LogP contribution in [0, 0.1) is 6.92 Å². The molecule has 0 saturated carbocycles. The second-order valence-electron chi connectivity index (χ2n) is 1.02. The maximum Gasteiger partial charge on any atom is 0.295 e. The fourth-order valence-corrected chi connectivity index (χ4v) is 0.231. The van der Waals surface area contributed by atoms with Crippen LogP contribution < -0.4 is 17.5 Å². The van der Waals surface area contributed by atoms with E-state index in [-0.39, 0.29) is 12.4 Å². The van der Waals surface area contributed by atoms with Crippen molar-refractivity contribution < 1.29 is 17.5 Å². The average Bonchev–Trinajstić information content (AvgIpc) is 1.86. The Morgan fingerprint density at radius 1 is 1.71 bits per heavy atom. The quantitative estimate of drug-likeness (QED) is 0.379. The molecule has 1 aromatic heterocycles. The lowest BCUT2D eigenvalue weighted by Crippen LogP contribution is -3.00. The Morgan fingerprint density at radius 3 is 2.57 bits per heavy atom. The first-order valence-corrected chi connectivity index (χ1v) is 1.65. The first-order valence-electron chi connectivity index (χ1n) is 1.65. The van der Waals surface area contributed by atoms with Crippen molar-refractivity contribution in [2.75, 3.05) is 0 Å². The molecule has 0 aliphatic heterocycles. The van der Waals surface area contributed by atoms with E-state index in [1.807, 2.05) is 6.92 Å². The maximum atomic E-state index is 3.56. The Balaban J connectivity index is 0.000000360. The lowest BCUT2D eigenvalue weighted by atomic mass is 10.8. The van der Waals surface area contributed by atoms with Gasteiger partial charge >= 0.3 is 0 Å². The van der Waals surface area contributed by atoms with E-state index in [9.17, 15) is 0 Å². The van der Waals surface area contributed by atoms with Crippen LogP contribution in [0.25, 0.3) is 0 Å². The van der Waals surface area contributed by atoms with Crippen LogP contribution in [0.3, 0.4) is 0 Å². The molecule has 0 spiro atoms. The van der Waals surface area contributed by atoms with Crippen molar-refractivity contribution in [1.29, 1.82) is 0 Å². The zero-order valence-corrected chi connectivity index (χ0v) is 4.53. The molecule has 0 aliphatic carbocycles. The van der Waals surface area contributed by atoms with Crippen molar-refractivity contribution in [2.24, 2.45) is 0 Å². The Bertz CT molecular complexity index is 113. The number of halogens is 1. The van der Waals surface area contributed by atoms with Crippen molar-refractivity contribution in [2.45, 2.75) is 6.92 Å². The van der Waals surface area contributed by atoms with Crippen LogP contribution >= 0.6 is 0 Å². The third kappa shape index (κ3) is 1.50. The van der Waals surface area contributed by atoms with E-state index in [4.69, 9.17) is 0 Å². The van der Waals surface area contributed by atoms with Gasteiger partial charge in [-0.15, -0.1) is 0 Å². The summed E-state index contributed by atoms with van der Waals surface area (Å²) in [5.41, 5.74) is 0. The second kappa shape index (κ2) is 2.52. The molecule has 2 N–H and O–H groups in total. The summed E-state index contributed by atoms with van der Waals surface area (Å²) in [4.78, 5) is 0. The van der Waals surface area contributed by atoms with Gasteiger partial charge in [0.25, 0.3) is 5.82 Å². The van der Waals surface area contributed by atoms with Crippen molar-refractivity contribution in [3.05, 3.63) is 5.82 Å². The van der Waals surface area contributed by atoms with Gasteiger partial charge in [-0.2, -0.15) is 5.10 Å². The number of H-pyrrole nitrogens is 2. The zero-order valence-electron chi connectivity index (χ0n) is 3.77. The van der Waals surface area contributed by atoms with E-state index in [0.29, 0.717) is 0 Å². The van der Waals surface area contributed by atoms with Gasteiger partial charge in [0, 0.05) is 6.92 Å². The normalized spacial score (nSPS) is 7.57. The molecule has 0 amide bonds. The van der Waals surface area contributed by atoms with Crippen LogP contribution in [0.1, 0.15) is 5.82 Å². The summed E-state index contributed by atoms with van der Waals surface area (Å²) >= 11 is 0. The Labute approximate surface area is 46.7 Å². The molecule has 0 aromatic carbocycles. The molecule has 1 heterocycles. The molecule has 0 saturated heterocycles. The maximum absolute atomic E-state index is 3.56. The summed E-state index contributed by atoms with van der Waals surface area (Å²) in [5, 5.41) is 12.0. The molecule has 0 aliphatic rings. The molecule has 0 atom stereocenters. The van der Waals surface area contributed by atoms with Gasteiger partial charge in [-0.1, -0.05) is 5.21 Å². The van der Waals surface area contributed by atoms with Crippen LogP contribution in [0.4, 0.5) is 0 Å². The summed E-state index contributed by atoms with van der Waals surface area (Å²) in [6, 6.07) is 0. The number of hydrogen-bond donors (Lipinski definition) is 1. The van der Waals surface area contributed by atoms with E-state index in [1.54, 1.807) is 0 Å². The lowest BCUT2D eigenvalue weighted by Gasteiger charge is -1.52. The van der Waals surface area contributed by atoms with Crippen LogP contribution in [0.15, 0.2) is 0 Å². The number of rotatable bonds is 0. The van der Waals surface area contributed by atoms with Crippen molar-refractivity contribution >= 4 is 0 Å². The average molecular weight is 121 g/mol. The number of tetrazole rings is 1. The Kier molecular flexibility index (Phi) is 2.29. The van der Waals surface area contributed by atoms with Crippen molar-refractivity contribution in [3.8, 4) is 0 Å².